The fourth-order valence-corrected chi connectivity index (χ4v) is 4.35. The molecule has 0 aliphatic heterocycles. The van der Waals surface area contributed by atoms with E-state index in [2.05, 4.69) is 38.1 Å². The number of aliphatic hydroxyl groups is 1. The van der Waals surface area contributed by atoms with Crippen molar-refractivity contribution in [2.24, 2.45) is 5.73 Å². The highest BCUT2D eigenvalue weighted by molar-refractivity contribution is 6.15. The van der Waals surface area contributed by atoms with E-state index >= 15 is 0 Å². The maximum Gasteiger partial charge on any atom is 0.250 e. The standard InChI is InChI=1S/C26H24N6O2.ClH.H2/c27-25(34)19-10-9-17(13-21(19)29-11-4-12-33)32-22-7-2-1-5-20(22)24-18(6-3-8-23(24)32)16-14-30-26(28)31-15-16;;/h1-3,5-10,13-15,29,33H,4,11-12H2,(H2,27,34)(H2,28,30,31);2*1H. The van der Waals surface area contributed by atoms with Crippen LogP contribution in [0, 0.1) is 0 Å². The van der Waals surface area contributed by atoms with E-state index in [1.807, 2.05) is 36.4 Å². The first-order valence-electron chi connectivity index (χ1n) is 11.0. The number of aliphatic hydroxyl groups excluding tert-OH is 1. The molecule has 0 aliphatic rings. The summed E-state index contributed by atoms with van der Waals surface area (Å²) in [6, 6.07) is 19.8. The van der Waals surface area contributed by atoms with Gasteiger partial charge in [0.05, 0.1) is 16.6 Å². The molecule has 8 nitrogen and oxygen atoms in total. The Balaban J connectivity index is 0.00000180. The number of rotatable bonds is 7. The average Bonchev–Trinajstić information content (AvgIpc) is 3.19. The number of halogens is 1. The Kier molecular flexibility index (Phi) is 6.86. The predicted molar refractivity (Wildman–Crippen MR) is 144 cm³/mol. The molecule has 5 aromatic rings. The van der Waals surface area contributed by atoms with Crippen LogP contribution in [0.5, 0.6) is 0 Å². The molecule has 0 atom stereocenters. The van der Waals surface area contributed by atoms with Gasteiger partial charge in [0.2, 0.25) is 5.95 Å². The third-order valence-corrected chi connectivity index (χ3v) is 5.86. The molecule has 0 bridgehead atoms. The minimum atomic E-state index is -0.508. The molecule has 0 fully saturated rings. The van der Waals surface area contributed by atoms with Gasteiger partial charge in [-0.3, -0.25) is 4.79 Å². The lowest BCUT2D eigenvalue weighted by atomic mass is 10.0. The summed E-state index contributed by atoms with van der Waals surface area (Å²) in [5.41, 5.74) is 17.1. The van der Waals surface area contributed by atoms with Gasteiger partial charge in [-0.2, -0.15) is 0 Å². The third-order valence-electron chi connectivity index (χ3n) is 5.86. The van der Waals surface area contributed by atoms with Gasteiger partial charge < -0.3 is 26.5 Å². The van der Waals surface area contributed by atoms with E-state index in [9.17, 15) is 4.79 Å². The van der Waals surface area contributed by atoms with Gasteiger partial charge in [-0.15, -0.1) is 12.4 Å². The lowest BCUT2D eigenvalue weighted by Gasteiger charge is -2.14. The van der Waals surface area contributed by atoms with Crippen LogP contribution >= 0.6 is 12.4 Å². The van der Waals surface area contributed by atoms with Gasteiger partial charge >= 0.3 is 0 Å². The largest absolute Gasteiger partial charge is 0.396 e. The van der Waals surface area contributed by atoms with Gasteiger partial charge in [0.1, 0.15) is 0 Å². The monoisotopic (exact) mass is 490 g/mol. The molecule has 6 N–H and O–H groups in total. The SMILES string of the molecule is Cl.NC(=O)c1ccc(-n2c3ccccc3c3c(-c4cnc(N)nc4)cccc32)cc1NCCCO.[HH]. The number of para-hydroxylation sites is 1. The highest BCUT2D eigenvalue weighted by Crippen LogP contribution is 2.38. The number of fused-ring (bicyclic) bond motifs is 3. The van der Waals surface area contributed by atoms with Crippen LogP contribution in [-0.4, -0.2) is 38.7 Å². The van der Waals surface area contributed by atoms with E-state index in [-0.39, 0.29) is 26.4 Å². The van der Waals surface area contributed by atoms with Crippen LogP contribution in [0.2, 0.25) is 0 Å². The first-order valence-corrected chi connectivity index (χ1v) is 11.0. The first-order chi connectivity index (χ1) is 16.6. The molecule has 0 unspecified atom stereocenters. The number of hydrogen-bond donors (Lipinski definition) is 4. The summed E-state index contributed by atoms with van der Waals surface area (Å²) in [4.78, 5) is 20.3. The summed E-state index contributed by atoms with van der Waals surface area (Å²) in [6.07, 6.45) is 4.02. The second kappa shape index (κ2) is 10.0. The van der Waals surface area contributed by atoms with Crippen molar-refractivity contribution in [3.05, 3.63) is 78.6 Å². The number of nitrogen functional groups attached to an aromatic ring is 1. The molecule has 180 valence electrons. The Labute approximate surface area is 209 Å². The predicted octanol–water partition coefficient (Wildman–Crippen LogP) is 4.38. The molecule has 0 saturated heterocycles. The number of carbonyl (C=O) groups is 1. The van der Waals surface area contributed by atoms with Crippen molar-refractivity contribution >= 4 is 51.8 Å². The van der Waals surface area contributed by atoms with Crippen molar-refractivity contribution < 1.29 is 11.3 Å². The maximum atomic E-state index is 12.0. The third kappa shape index (κ3) is 4.37. The average molecular weight is 491 g/mol. The van der Waals surface area contributed by atoms with Crippen LogP contribution in [-0.2, 0) is 0 Å². The van der Waals surface area contributed by atoms with Crippen LogP contribution in [0.15, 0.2) is 73.1 Å². The minimum Gasteiger partial charge on any atom is -0.396 e. The summed E-state index contributed by atoms with van der Waals surface area (Å²) in [5.74, 6) is -0.278. The molecule has 0 spiro atoms. The van der Waals surface area contributed by atoms with Gasteiger partial charge in [-0.25, -0.2) is 9.97 Å². The highest BCUT2D eigenvalue weighted by Gasteiger charge is 2.17. The summed E-state index contributed by atoms with van der Waals surface area (Å²) in [7, 11) is 0. The zero-order chi connectivity index (χ0) is 23.7. The highest BCUT2D eigenvalue weighted by atomic mass is 35.5. The van der Waals surface area contributed by atoms with E-state index in [4.69, 9.17) is 16.6 Å². The number of amides is 1. The molecule has 0 saturated carbocycles. The number of nitrogens with two attached hydrogens (primary N) is 2. The number of nitrogens with zero attached hydrogens (tertiary/aromatic N) is 3. The van der Waals surface area contributed by atoms with Crippen molar-refractivity contribution in [3.63, 3.8) is 0 Å². The molecule has 2 heterocycles. The van der Waals surface area contributed by atoms with Crippen LogP contribution < -0.4 is 16.8 Å². The van der Waals surface area contributed by atoms with Gasteiger partial charge in [0.25, 0.3) is 5.91 Å². The second-order valence-corrected chi connectivity index (χ2v) is 7.98. The lowest BCUT2D eigenvalue weighted by molar-refractivity contribution is 0.100. The fourth-order valence-electron chi connectivity index (χ4n) is 4.35. The zero-order valence-corrected chi connectivity index (χ0v) is 19.6. The molecule has 0 radical (unpaired) electrons. The summed E-state index contributed by atoms with van der Waals surface area (Å²) in [5, 5.41) is 14.5. The smallest absolute Gasteiger partial charge is 0.250 e. The Morgan fingerprint density at radius 3 is 2.51 bits per heavy atom. The second-order valence-electron chi connectivity index (χ2n) is 7.98. The molecular formula is C26H27ClN6O2. The van der Waals surface area contributed by atoms with Gasteiger partial charge in [0.15, 0.2) is 0 Å². The topological polar surface area (TPSA) is 132 Å². The Hall–Kier alpha value is -4.14. The molecule has 0 aliphatic carbocycles. The van der Waals surface area contributed by atoms with Crippen molar-refractivity contribution in [1.29, 1.82) is 0 Å². The summed E-state index contributed by atoms with van der Waals surface area (Å²) >= 11 is 0. The van der Waals surface area contributed by atoms with Crippen LogP contribution in [0.1, 0.15) is 18.2 Å². The van der Waals surface area contributed by atoms with Crippen LogP contribution in [0.3, 0.4) is 0 Å². The van der Waals surface area contributed by atoms with Gasteiger partial charge in [-0.1, -0.05) is 30.3 Å². The van der Waals surface area contributed by atoms with E-state index in [0.717, 1.165) is 38.6 Å². The van der Waals surface area contributed by atoms with Crippen molar-refractivity contribution in [2.45, 2.75) is 6.42 Å². The normalized spacial score (nSPS) is 10.9. The van der Waals surface area contributed by atoms with Gasteiger partial charge in [0, 0.05) is 54.7 Å². The zero-order valence-electron chi connectivity index (χ0n) is 18.8. The van der Waals surface area contributed by atoms with Gasteiger partial charge in [-0.05, 0) is 42.3 Å². The van der Waals surface area contributed by atoms with E-state index < -0.39 is 5.91 Å². The molecule has 5 rings (SSSR count). The Morgan fingerprint density at radius 1 is 1.03 bits per heavy atom. The van der Waals surface area contributed by atoms with E-state index in [1.54, 1.807) is 18.5 Å². The van der Waals surface area contributed by atoms with Crippen molar-refractivity contribution in [3.8, 4) is 16.8 Å². The summed E-state index contributed by atoms with van der Waals surface area (Å²) in [6.45, 7) is 0.581. The molecule has 2 aromatic heterocycles. The minimum absolute atomic E-state index is 0. The van der Waals surface area contributed by atoms with Crippen LogP contribution in [0.25, 0.3) is 38.6 Å². The van der Waals surface area contributed by atoms with E-state index in [0.29, 0.717) is 24.2 Å². The van der Waals surface area contributed by atoms with Crippen LogP contribution in [0.4, 0.5) is 11.6 Å². The number of benzene rings is 3. The Bertz CT molecular complexity index is 1520. The molecule has 3 aromatic carbocycles. The number of primary amides is 1. The maximum absolute atomic E-state index is 12.0. The molecule has 35 heavy (non-hydrogen) atoms. The Morgan fingerprint density at radius 2 is 1.77 bits per heavy atom. The number of anilines is 2. The molecule has 9 heteroatoms. The number of hydrogen-bond acceptors (Lipinski definition) is 6. The number of aromatic nitrogens is 3. The number of carbonyl (C=O) groups excluding carboxylic acids is 1. The first kappa shape index (κ1) is 24.0. The number of nitrogens with one attached hydrogen (secondary N) is 1. The quantitative estimate of drug-likeness (QED) is 0.250. The van der Waals surface area contributed by atoms with Crippen molar-refractivity contribution in [1.82, 2.24) is 14.5 Å². The van der Waals surface area contributed by atoms with Crippen molar-refractivity contribution in [2.75, 3.05) is 24.2 Å². The molecule has 1 amide bonds. The fraction of sp³-hybridized carbons (Fsp3) is 0.115. The molecular weight excluding hydrogens is 464 g/mol. The van der Waals surface area contributed by atoms with E-state index in [1.165, 1.54) is 0 Å². The summed E-state index contributed by atoms with van der Waals surface area (Å²) < 4.78 is 2.16. The lowest BCUT2D eigenvalue weighted by Crippen LogP contribution is -2.15.